The molecule has 0 saturated carbocycles. The molecule has 0 aliphatic carbocycles. The van der Waals surface area contributed by atoms with Crippen molar-refractivity contribution >= 4 is 22.7 Å². The van der Waals surface area contributed by atoms with Crippen molar-refractivity contribution in [2.75, 3.05) is 6.54 Å². The van der Waals surface area contributed by atoms with E-state index in [-0.39, 0.29) is 36.8 Å². The van der Waals surface area contributed by atoms with Crippen LogP contribution in [0, 0.1) is 12.7 Å². The van der Waals surface area contributed by atoms with Gasteiger partial charge < -0.3 is 14.8 Å². The number of rotatable bonds is 5. The third kappa shape index (κ3) is 3.57. The first-order chi connectivity index (χ1) is 16.0. The van der Waals surface area contributed by atoms with Gasteiger partial charge in [0.15, 0.2) is 0 Å². The molecule has 5 nitrogen and oxygen atoms in total. The zero-order valence-electron chi connectivity index (χ0n) is 18.5. The van der Waals surface area contributed by atoms with Gasteiger partial charge in [-0.15, -0.1) is 0 Å². The molecule has 0 spiro atoms. The van der Waals surface area contributed by atoms with Crippen LogP contribution in [0.1, 0.15) is 38.8 Å². The minimum Gasteiger partial charge on any atom is -0.350 e. The molecule has 6 heteroatoms. The van der Waals surface area contributed by atoms with Crippen LogP contribution in [-0.2, 0) is 18.4 Å². The van der Waals surface area contributed by atoms with Crippen LogP contribution in [0.2, 0.25) is 0 Å². The molecule has 1 N–H and O–H groups in total. The van der Waals surface area contributed by atoms with Gasteiger partial charge in [-0.3, -0.25) is 9.59 Å². The lowest BCUT2D eigenvalue weighted by Gasteiger charge is -2.26. The number of fused-ring (bicyclic) bond motifs is 2. The van der Waals surface area contributed by atoms with E-state index in [0.717, 1.165) is 33.3 Å². The zero-order valence-corrected chi connectivity index (χ0v) is 18.5. The monoisotopic (exact) mass is 441 g/mol. The number of nitrogens with one attached hydrogen (secondary N) is 1. The summed E-state index contributed by atoms with van der Waals surface area (Å²) in [6.45, 7) is 2.25. The number of carbonyl (C=O) groups excluding carboxylic acids is 2. The maximum atomic E-state index is 13.4. The number of amides is 2. The molecule has 1 aromatic heterocycles. The molecule has 0 unspecified atom stereocenters. The molecule has 1 atom stereocenters. The Morgan fingerprint density at radius 1 is 1.00 bits per heavy atom. The van der Waals surface area contributed by atoms with Crippen LogP contribution in [0.25, 0.3) is 10.9 Å². The molecule has 0 bridgehead atoms. The normalized spacial score (nSPS) is 15.2. The molecule has 4 aromatic rings. The standard InChI is InChI=1S/C27H24FN3O2/c1-17-25(22-9-5-6-10-23(22)30(17)2)26-20-7-3-4-8-21(20)27(33)31(26)16-24(32)29-15-18-11-13-19(28)14-12-18/h3-14,26H,15-16H2,1-2H3,(H,29,32)/t26-/m0/s1. The van der Waals surface area contributed by atoms with Crippen molar-refractivity contribution in [3.8, 4) is 0 Å². The van der Waals surface area contributed by atoms with Crippen LogP contribution >= 0.6 is 0 Å². The van der Waals surface area contributed by atoms with Gasteiger partial charge in [0.25, 0.3) is 5.91 Å². The van der Waals surface area contributed by atoms with Crippen LogP contribution in [-0.4, -0.2) is 27.8 Å². The van der Waals surface area contributed by atoms with Crippen molar-refractivity contribution in [2.24, 2.45) is 7.05 Å². The highest BCUT2D eigenvalue weighted by Gasteiger charge is 2.40. The quantitative estimate of drug-likeness (QED) is 0.496. The maximum absolute atomic E-state index is 13.4. The molecule has 5 rings (SSSR count). The van der Waals surface area contributed by atoms with Gasteiger partial charge in [-0.2, -0.15) is 0 Å². The minimum absolute atomic E-state index is 0.0674. The third-order valence-electron chi connectivity index (χ3n) is 6.50. The van der Waals surface area contributed by atoms with E-state index in [1.165, 1.54) is 12.1 Å². The minimum atomic E-state index is -0.351. The fraction of sp³-hybridized carbons (Fsp3) is 0.185. The Bertz CT molecular complexity index is 1370. The highest BCUT2D eigenvalue weighted by atomic mass is 19.1. The van der Waals surface area contributed by atoms with E-state index in [9.17, 15) is 14.0 Å². The Morgan fingerprint density at radius 3 is 2.48 bits per heavy atom. The van der Waals surface area contributed by atoms with Crippen molar-refractivity contribution in [3.05, 3.63) is 107 Å². The Hall–Kier alpha value is -3.93. The molecule has 1 aliphatic heterocycles. The summed E-state index contributed by atoms with van der Waals surface area (Å²) < 4.78 is 15.3. The number of para-hydroxylation sites is 1. The highest BCUT2D eigenvalue weighted by molar-refractivity contribution is 6.02. The predicted molar refractivity (Wildman–Crippen MR) is 125 cm³/mol. The summed E-state index contributed by atoms with van der Waals surface area (Å²) in [5.74, 6) is -0.734. The second kappa shape index (κ2) is 8.20. The molecule has 166 valence electrons. The molecular weight excluding hydrogens is 417 g/mol. The number of carbonyl (C=O) groups is 2. The van der Waals surface area contributed by atoms with Crippen LogP contribution in [0.15, 0.2) is 72.8 Å². The lowest BCUT2D eigenvalue weighted by atomic mass is 9.95. The molecule has 3 aromatic carbocycles. The van der Waals surface area contributed by atoms with Crippen LogP contribution in [0.4, 0.5) is 4.39 Å². The molecule has 0 fully saturated rings. The van der Waals surface area contributed by atoms with Crippen molar-refractivity contribution < 1.29 is 14.0 Å². The lowest BCUT2D eigenvalue weighted by molar-refractivity contribution is -0.122. The second-order valence-electron chi connectivity index (χ2n) is 8.40. The van der Waals surface area contributed by atoms with Crippen molar-refractivity contribution in [3.63, 3.8) is 0 Å². The maximum Gasteiger partial charge on any atom is 0.255 e. The number of aryl methyl sites for hydroxylation is 1. The molecule has 2 heterocycles. The van der Waals surface area contributed by atoms with Gasteiger partial charge in [0.1, 0.15) is 12.4 Å². The van der Waals surface area contributed by atoms with Gasteiger partial charge in [-0.1, -0.05) is 48.5 Å². The van der Waals surface area contributed by atoms with Crippen molar-refractivity contribution in [1.82, 2.24) is 14.8 Å². The number of aromatic nitrogens is 1. The van der Waals surface area contributed by atoms with Crippen molar-refractivity contribution in [2.45, 2.75) is 19.5 Å². The summed E-state index contributed by atoms with van der Waals surface area (Å²) >= 11 is 0. The molecule has 2 amide bonds. The van der Waals surface area contributed by atoms with Crippen LogP contribution < -0.4 is 5.32 Å². The van der Waals surface area contributed by atoms with Gasteiger partial charge in [0.05, 0.1) is 6.04 Å². The molecule has 1 aliphatic rings. The number of nitrogens with zero attached hydrogens (tertiary/aromatic N) is 2. The summed E-state index contributed by atoms with van der Waals surface area (Å²) in [6.07, 6.45) is 0. The lowest BCUT2D eigenvalue weighted by Crippen LogP contribution is -2.39. The van der Waals surface area contributed by atoms with E-state index in [1.54, 1.807) is 17.0 Å². The summed E-state index contributed by atoms with van der Waals surface area (Å²) in [5, 5.41) is 3.93. The molecular formula is C27H24FN3O2. The summed E-state index contributed by atoms with van der Waals surface area (Å²) in [6, 6.07) is 21.3. The van der Waals surface area contributed by atoms with Gasteiger partial charge in [-0.05, 0) is 42.3 Å². The summed E-state index contributed by atoms with van der Waals surface area (Å²) in [4.78, 5) is 27.9. The zero-order chi connectivity index (χ0) is 23.1. The average Bonchev–Trinajstić information content (AvgIpc) is 3.24. The Balaban J connectivity index is 1.49. The SMILES string of the molecule is Cc1c([C@@H]2c3ccccc3C(=O)N2CC(=O)NCc2ccc(F)cc2)c2ccccc2n1C. The van der Waals surface area contributed by atoms with E-state index in [2.05, 4.69) is 22.0 Å². The smallest absolute Gasteiger partial charge is 0.255 e. The first kappa shape index (κ1) is 20.9. The fourth-order valence-corrected chi connectivity index (χ4v) is 4.75. The van der Waals surface area contributed by atoms with E-state index in [0.29, 0.717) is 5.56 Å². The van der Waals surface area contributed by atoms with Crippen LogP contribution in [0.3, 0.4) is 0 Å². The largest absolute Gasteiger partial charge is 0.350 e. The van der Waals surface area contributed by atoms with Crippen LogP contribution in [0.5, 0.6) is 0 Å². The fourth-order valence-electron chi connectivity index (χ4n) is 4.75. The summed E-state index contributed by atoms with van der Waals surface area (Å²) in [7, 11) is 2.02. The summed E-state index contributed by atoms with van der Waals surface area (Å²) in [5.41, 5.74) is 5.51. The van der Waals surface area contributed by atoms with Gasteiger partial charge in [0.2, 0.25) is 5.91 Å². The number of hydrogen-bond donors (Lipinski definition) is 1. The van der Waals surface area contributed by atoms with E-state index in [1.807, 2.05) is 50.4 Å². The van der Waals surface area contributed by atoms with Gasteiger partial charge in [0, 0.05) is 41.3 Å². The highest BCUT2D eigenvalue weighted by Crippen LogP contribution is 2.43. The molecule has 0 radical (unpaired) electrons. The second-order valence-corrected chi connectivity index (χ2v) is 8.40. The average molecular weight is 442 g/mol. The number of halogens is 1. The number of hydrogen-bond acceptors (Lipinski definition) is 2. The van der Waals surface area contributed by atoms with E-state index < -0.39 is 0 Å². The first-order valence-corrected chi connectivity index (χ1v) is 10.9. The number of benzene rings is 3. The topological polar surface area (TPSA) is 54.3 Å². The van der Waals surface area contributed by atoms with E-state index in [4.69, 9.17) is 0 Å². The van der Waals surface area contributed by atoms with Crippen molar-refractivity contribution in [1.29, 1.82) is 0 Å². The van der Waals surface area contributed by atoms with E-state index >= 15 is 0 Å². The Labute approximate surface area is 191 Å². The third-order valence-corrected chi connectivity index (χ3v) is 6.50. The Morgan fingerprint density at radius 2 is 1.70 bits per heavy atom. The molecule has 0 saturated heterocycles. The Kier molecular flexibility index (Phi) is 5.21. The van der Waals surface area contributed by atoms with Gasteiger partial charge >= 0.3 is 0 Å². The first-order valence-electron chi connectivity index (χ1n) is 10.9. The molecule has 33 heavy (non-hydrogen) atoms. The predicted octanol–water partition coefficient (Wildman–Crippen LogP) is 4.49. The van der Waals surface area contributed by atoms with Gasteiger partial charge in [-0.25, -0.2) is 4.39 Å².